The molecule has 0 aliphatic rings. The highest BCUT2D eigenvalue weighted by Crippen LogP contribution is 2.20. The molecule has 0 N–H and O–H groups in total. The number of hydrogen-bond acceptors (Lipinski definition) is 3. The van der Waals surface area contributed by atoms with Crippen molar-refractivity contribution in [2.45, 2.75) is 88.0 Å². The maximum atomic E-state index is 11.7. The zero-order valence-corrected chi connectivity index (χ0v) is 13.2. The van der Waals surface area contributed by atoms with Gasteiger partial charge in [-0.3, -0.25) is 0 Å². The van der Waals surface area contributed by atoms with Crippen LogP contribution in [0.25, 0.3) is 0 Å². The third-order valence-corrected chi connectivity index (χ3v) is 3.62. The van der Waals surface area contributed by atoms with Crippen LogP contribution in [0.4, 0.5) is 0 Å². The summed E-state index contributed by atoms with van der Waals surface area (Å²) in [7, 11) is -3.22. The summed E-state index contributed by atoms with van der Waals surface area (Å²) in [6.45, 7) is 13.8. The van der Waals surface area contributed by atoms with Gasteiger partial charge in [-0.05, 0) is 48.5 Å². The van der Waals surface area contributed by atoms with Crippen molar-refractivity contribution < 1.29 is 13.2 Å². The lowest BCUT2D eigenvalue weighted by Crippen LogP contribution is -2.49. The zero-order valence-electron chi connectivity index (χ0n) is 12.4. The summed E-state index contributed by atoms with van der Waals surface area (Å²) in [6.07, 6.45) is 1.10. The van der Waals surface area contributed by atoms with E-state index < -0.39 is 15.6 Å². The van der Waals surface area contributed by atoms with Crippen molar-refractivity contribution in [1.29, 1.82) is 0 Å². The number of nitrogens with zero attached hydrogens (tertiary/aromatic N) is 1. The zero-order chi connectivity index (χ0) is 14.1. The predicted octanol–water partition coefficient (Wildman–Crippen LogP) is 4.16. The second-order valence-corrected chi connectivity index (χ2v) is 8.41. The first kappa shape index (κ1) is 28.1. The van der Waals surface area contributed by atoms with Crippen molar-refractivity contribution in [3.63, 3.8) is 0 Å². The summed E-state index contributed by atoms with van der Waals surface area (Å²) in [6, 6.07) is 0. The Bertz CT molecular complexity index is 337. The molecule has 0 amide bonds. The number of hydrogen-bond donors (Lipinski definition) is 0. The molecule has 0 heterocycles. The summed E-state index contributed by atoms with van der Waals surface area (Å²) < 4.78 is 30.7. The van der Waals surface area contributed by atoms with Gasteiger partial charge < -0.3 is 4.74 Å². The van der Waals surface area contributed by atoms with Crippen LogP contribution in [0.2, 0.25) is 0 Å². The minimum absolute atomic E-state index is 0. The van der Waals surface area contributed by atoms with Crippen LogP contribution in [-0.4, -0.2) is 42.8 Å². The topological polar surface area (TPSA) is 46.6 Å². The van der Waals surface area contributed by atoms with E-state index in [1.165, 1.54) is 10.6 Å². The molecule has 0 aliphatic heterocycles. The molecule has 20 heavy (non-hydrogen) atoms. The van der Waals surface area contributed by atoms with Gasteiger partial charge >= 0.3 is 0 Å². The minimum atomic E-state index is -3.22. The molecular formula is C15H39NO3S. The molecule has 0 saturated carbocycles. The molecule has 1 unspecified atom stereocenters. The highest BCUT2D eigenvalue weighted by Gasteiger charge is 2.31. The third-order valence-electron chi connectivity index (χ3n) is 2.13. The van der Waals surface area contributed by atoms with Crippen LogP contribution in [-0.2, 0) is 14.8 Å². The lowest BCUT2D eigenvalue weighted by molar-refractivity contribution is -0.0610. The van der Waals surface area contributed by atoms with Crippen molar-refractivity contribution in [2.24, 2.45) is 0 Å². The normalized spacial score (nSPS) is 13.8. The van der Waals surface area contributed by atoms with Crippen LogP contribution in [0, 0.1) is 0 Å². The molecule has 5 heteroatoms. The van der Waals surface area contributed by atoms with Crippen molar-refractivity contribution in [3.05, 3.63) is 0 Å². The van der Waals surface area contributed by atoms with Gasteiger partial charge in [0.1, 0.15) is 0 Å². The van der Waals surface area contributed by atoms with Gasteiger partial charge in [0.15, 0.2) is 0 Å². The van der Waals surface area contributed by atoms with Crippen LogP contribution in [0.15, 0.2) is 0 Å². The smallest absolute Gasteiger partial charge is 0.211 e. The van der Waals surface area contributed by atoms with Crippen molar-refractivity contribution >= 4 is 10.0 Å². The number of rotatable bonds is 4. The van der Waals surface area contributed by atoms with E-state index in [1.807, 2.05) is 48.5 Å². The van der Waals surface area contributed by atoms with Crippen molar-refractivity contribution in [2.75, 3.05) is 12.8 Å². The monoisotopic (exact) mass is 313 g/mol. The van der Waals surface area contributed by atoms with Crippen LogP contribution in [0.5, 0.6) is 0 Å². The molecule has 0 aromatic heterocycles. The second kappa shape index (κ2) is 9.00. The Morgan fingerprint density at radius 2 is 1.35 bits per heavy atom. The third kappa shape index (κ3) is 11.7. The molecule has 128 valence electrons. The molecular weight excluding hydrogens is 274 g/mol. The Labute approximate surface area is 129 Å². The van der Waals surface area contributed by atoms with Gasteiger partial charge in [-0.2, -0.15) is 4.31 Å². The van der Waals surface area contributed by atoms with Gasteiger partial charge in [-0.15, -0.1) is 0 Å². The molecule has 0 rings (SSSR count). The van der Waals surface area contributed by atoms with E-state index in [1.54, 1.807) is 0 Å². The Morgan fingerprint density at radius 1 is 1.00 bits per heavy atom. The van der Waals surface area contributed by atoms with Crippen LogP contribution >= 0.6 is 0 Å². The first-order chi connectivity index (χ1) is 7.23. The van der Waals surface area contributed by atoms with Crippen LogP contribution in [0.3, 0.4) is 0 Å². The van der Waals surface area contributed by atoms with Gasteiger partial charge in [0.2, 0.25) is 10.0 Å². The standard InChI is InChI=1S/C12H27NO3S.3CH4/c1-10(16-12(5,6)7)9-13(11(2,3)4)17(8,14)15;;;/h10H,9H2,1-8H3;3*1H4. The van der Waals surface area contributed by atoms with E-state index in [-0.39, 0.29) is 34.0 Å². The van der Waals surface area contributed by atoms with Gasteiger partial charge in [-0.1, -0.05) is 22.3 Å². The van der Waals surface area contributed by atoms with Gasteiger partial charge in [0, 0.05) is 12.1 Å². The molecule has 4 nitrogen and oxygen atoms in total. The van der Waals surface area contributed by atoms with Gasteiger partial charge in [0.05, 0.1) is 18.0 Å². The highest BCUT2D eigenvalue weighted by molar-refractivity contribution is 7.88. The summed E-state index contributed by atoms with van der Waals surface area (Å²) in [5, 5.41) is 0. The maximum Gasteiger partial charge on any atom is 0.211 e. The summed E-state index contributed by atoms with van der Waals surface area (Å²) in [4.78, 5) is 0. The fraction of sp³-hybridized carbons (Fsp3) is 1.00. The SMILES string of the molecule is C.C.C.CC(CN(C(C)(C)C)S(C)(=O)=O)OC(C)(C)C. The van der Waals surface area contributed by atoms with Crippen molar-refractivity contribution in [3.8, 4) is 0 Å². The van der Waals surface area contributed by atoms with E-state index in [0.29, 0.717) is 6.54 Å². The number of sulfonamides is 1. The average Bonchev–Trinajstić information content (AvgIpc) is 1.91. The van der Waals surface area contributed by atoms with E-state index in [9.17, 15) is 8.42 Å². The first-order valence-electron chi connectivity index (χ1n) is 5.89. The molecule has 0 aromatic carbocycles. The molecule has 0 radical (unpaired) electrons. The van der Waals surface area contributed by atoms with Crippen molar-refractivity contribution in [1.82, 2.24) is 4.31 Å². The largest absolute Gasteiger partial charge is 0.372 e. The summed E-state index contributed by atoms with van der Waals surface area (Å²) >= 11 is 0. The Kier molecular flexibility index (Phi) is 12.6. The van der Waals surface area contributed by atoms with E-state index in [0.717, 1.165) is 0 Å². The maximum absolute atomic E-state index is 11.7. The van der Waals surface area contributed by atoms with Crippen LogP contribution < -0.4 is 0 Å². The van der Waals surface area contributed by atoms with E-state index >= 15 is 0 Å². The molecule has 0 aliphatic carbocycles. The molecule has 0 fully saturated rings. The molecule has 0 spiro atoms. The summed E-state index contributed by atoms with van der Waals surface area (Å²) in [5.74, 6) is 0. The fourth-order valence-electron chi connectivity index (χ4n) is 1.78. The minimum Gasteiger partial charge on any atom is -0.372 e. The Balaban J connectivity index is -0.000000427. The molecule has 1 atom stereocenters. The van der Waals surface area contributed by atoms with Gasteiger partial charge in [-0.25, -0.2) is 8.42 Å². The summed E-state index contributed by atoms with van der Waals surface area (Å²) in [5.41, 5.74) is -0.691. The first-order valence-corrected chi connectivity index (χ1v) is 7.74. The van der Waals surface area contributed by atoms with E-state index in [2.05, 4.69) is 0 Å². The number of ether oxygens (including phenoxy) is 1. The van der Waals surface area contributed by atoms with E-state index in [4.69, 9.17) is 4.74 Å². The Hall–Kier alpha value is -0.130. The van der Waals surface area contributed by atoms with Crippen LogP contribution in [0.1, 0.15) is 70.7 Å². The Morgan fingerprint density at radius 3 is 1.55 bits per heavy atom. The fourth-order valence-corrected chi connectivity index (χ4v) is 3.26. The molecule has 0 aromatic rings. The molecule has 0 saturated heterocycles. The lowest BCUT2D eigenvalue weighted by atomic mass is 10.1. The predicted molar refractivity (Wildman–Crippen MR) is 91.8 cm³/mol. The highest BCUT2D eigenvalue weighted by atomic mass is 32.2. The average molecular weight is 314 g/mol. The molecule has 0 bridgehead atoms. The lowest BCUT2D eigenvalue weighted by Gasteiger charge is -2.36. The second-order valence-electron chi connectivity index (χ2n) is 6.51. The quantitative estimate of drug-likeness (QED) is 0.783. The van der Waals surface area contributed by atoms with Gasteiger partial charge in [0.25, 0.3) is 0 Å².